The van der Waals surface area contributed by atoms with Crippen LogP contribution in [0.4, 0.5) is 0 Å². The maximum atomic E-state index is 13.7. The SMILES string of the molecule is CC(=O)NC1CCN(C(=O)[C@]2(Cc3cc(-c4ccccc4)no3)CCN(C(C)=O)C2)CC1. The van der Waals surface area contributed by atoms with Gasteiger partial charge in [-0.25, -0.2) is 0 Å². The topological polar surface area (TPSA) is 95.8 Å². The fourth-order valence-electron chi connectivity index (χ4n) is 4.86. The summed E-state index contributed by atoms with van der Waals surface area (Å²) in [4.78, 5) is 40.8. The normalized spacial score (nSPS) is 21.6. The van der Waals surface area contributed by atoms with Gasteiger partial charge in [0, 0.05) is 64.1 Å². The highest BCUT2D eigenvalue weighted by Gasteiger charge is 2.48. The predicted octanol–water partition coefficient (Wildman–Crippen LogP) is 2.25. The lowest BCUT2D eigenvalue weighted by atomic mass is 9.80. The molecule has 170 valence electrons. The Balaban J connectivity index is 1.52. The van der Waals surface area contributed by atoms with E-state index in [1.165, 1.54) is 6.92 Å². The Hall–Kier alpha value is -3.16. The highest BCUT2D eigenvalue weighted by molar-refractivity contribution is 5.85. The van der Waals surface area contributed by atoms with Crippen molar-refractivity contribution < 1.29 is 18.9 Å². The molecule has 4 rings (SSSR count). The van der Waals surface area contributed by atoms with E-state index in [2.05, 4.69) is 10.5 Å². The van der Waals surface area contributed by atoms with Crippen molar-refractivity contribution >= 4 is 17.7 Å². The molecule has 2 aliphatic rings. The van der Waals surface area contributed by atoms with Gasteiger partial charge in [0.05, 0.1) is 5.41 Å². The van der Waals surface area contributed by atoms with Crippen LogP contribution in [0.2, 0.25) is 0 Å². The summed E-state index contributed by atoms with van der Waals surface area (Å²) >= 11 is 0. The minimum absolute atomic E-state index is 0.0217. The van der Waals surface area contributed by atoms with Crippen LogP contribution in [-0.4, -0.2) is 64.9 Å². The van der Waals surface area contributed by atoms with Gasteiger partial charge < -0.3 is 19.6 Å². The average Bonchev–Trinajstić information content (AvgIpc) is 3.43. The van der Waals surface area contributed by atoms with E-state index in [0.29, 0.717) is 44.8 Å². The lowest BCUT2D eigenvalue weighted by Crippen LogP contribution is -2.52. The van der Waals surface area contributed by atoms with Crippen LogP contribution in [0.3, 0.4) is 0 Å². The fourth-order valence-corrected chi connectivity index (χ4v) is 4.86. The Labute approximate surface area is 187 Å². The number of amides is 3. The van der Waals surface area contributed by atoms with Gasteiger partial charge in [0.1, 0.15) is 11.5 Å². The summed E-state index contributed by atoms with van der Waals surface area (Å²) in [6, 6.07) is 11.8. The van der Waals surface area contributed by atoms with Gasteiger partial charge in [-0.2, -0.15) is 0 Å². The van der Waals surface area contributed by atoms with E-state index in [0.717, 1.165) is 24.1 Å². The minimum atomic E-state index is -0.722. The summed E-state index contributed by atoms with van der Waals surface area (Å²) in [5.74, 6) is 0.640. The maximum absolute atomic E-state index is 13.7. The maximum Gasteiger partial charge on any atom is 0.231 e. The van der Waals surface area contributed by atoms with E-state index in [1.54, 1.807) is 11.8 Å². The predicted molar refractivity (Wildman–Crippen MR) is 118 cm³/mol. The van der Waals surface area contributed by atoms with Crippen LogP contribution < -0.4 is 5.32 Å². The lowest BCUT2D eigenvalue weighted by Gasteiger charge is -2.38. The molecule has 2 aliphatic heterocycles. The highest BCUT2D eigenvalue weighted by atomic mass is 16.5. The molecule has 1 atom stereocenters. The Morgan fingerprint density at radius 3 is 2.44 bits per heavy atom. The molecule has 2 aromatic rings. The van der Waals surface area contributed by atoms with Gasteiger partial charge >= 0.3 is 0 Å². The number of carbonyl (C=O) groups is 3. The number of aromatic nitrogens is 1. The molecular weight excluding hydrogens is 408 g/mol. The number of hydrogen-bond donors (Lipinski definition) is 1. The number of piperidine rings is 1. The van der Waals surface area contributed by atoms with E-state index in [9.17, 15) is 14.4 Å². The quantitative estimate of drug-likeness (QED) is 0.773. The summed E-state index contributed by atoms with van der Waals surface area (Å²) in [5, 5.41) is 7.15. The number of rotatable bonds is 5. The van der Waals surface area contributed by atoms with Gasteiger partial charge in [0.25, 0.3) is 0 Å². The van der Waals surface area contributed by atoms with Crippen molar-refractivity contribution in [2.45, 2.75) is 45.6 Å². The van der Waals surface area contributed by atoms with E-state index in [-0.39, 0.29) is 23.8 Å². The van der Waals surface area contributed by atoms with Gasteiger partial charge in [-0.15, -0.1) is 0 Å². The van der Waals surface area contributed by atoms with Crippen LogP contribution in [0.5, 0.6) is 0 Å². The number of likely N-dealkylation sites (tertiary alicyclic amines) is 2. The van der Waals surface area contributed by atoms with E-state index in [1.807, 2.05) is 41.3 Å². The molecule has 0 saturated carbocycles. The zero-order chi connectivity index (χ0) is 22.7. The zero-order valence-electron chi connectivity index (χ0n) is 18.7. The van der Waals surface area contributed by atoms with Gasteiger partial charge in [-0.3, -0.25) is 14.4 Å². The van der Waals surface area contributed by atoms with Crippen molar-refractivity contribution in [2.24, 2.45) is 5.41 Å². The molecular formula is C24H30N4O4. The fraction of sp³-hybridized carbons (Fsp3) is 0.500. The summed E-state index contributed by atoms with van der Waals surface area (Å²) in [6.45, 7) is 5.19. The first-order valence-corrected chi connectivity index (χ1v) is 11.2. The number of hydrogen-bond acceptors (Lipinski definition) is 5. The standard InChI is InChI=1S/C24H30N4O4/c1-17(29)25-20-8-11-27(12-9-20)23(31)24(10-13-28(16-24)18(2)30)15-21-14-22(26-32-21)19-6-4-3-5-7-19/h3-7,14,20H,8-13,15-16H2,1-2H3,(H,25,29)/t24-/m0/s1. The second kappa shape index (κ2) is 9.14. The average molecular weight is 439 g/mol. The number of carbonyl (C=O) groups excluding carboxylic acids is 3. The van der Waals surface area contributed by atoms with Gasteiger partial charge in [-0.1, -0.05) is 35.5 Å². The minimum Gasteiger partial charge on any atom is -0.361 e. The van der Waals surface area contributed by atoms with Crippen LogP contribution in [0, 0.1) is 5.41 Å². The molecule has 0 bridgehead atoms. The monoisotopic (exact) mass is 438 g/mol. The second-order valence-corrected chi connectivity index (χ2v) is 8.96. The van der Waals surface area contributed by atoms with E-state index >= 15 is 0 Å². The molecule has 1 aromatic carbocycles. The van der Waals surface area contributed by atoms with Crippen LogP contribution in [0.1, 0.15) is 38.9 Å². The molecule has 0 spiro atoms. The zero-order valence-corrected chi connectivity index (χ0v) is 18.7. The molecule has 3 amide bonds. The molecule has 0 aliphatic carbocycles. The van der Waals surface area contributed by atoms with Crippen molar-refractivity contribution in [3.63, 3.8) is 0 Å². The molecule has 2 fully saturated rings. The van der Waals surface area contributed by atoms with Gasteiger partial charge in [-0.05, 0) is 19.3 Å². The van der Waals surface area contributed by atoms with Crippen LogP contribution in [0.25, 0.3) is 11.3 Å². The Kier molecular flexibility index (Phi) is 6.30. The van der Waals surface area contributed by atoms with Crippen molar-refractivity contribution in [3.05, 3.63) is 42.2 Å². The molecule has 32 heavy (non-hydrogen) atoms. The van der Waals surface area contributed by atoms with Crippen molar-refractivity contribution in [3.8, 4) is 11.3 Å². The molecule has 8 nitrogen and oxygen atoms in total. The Morgan fingerprint density at radius 2 is 1.81 bits per heavy atom. The molecule has 8 heteroatoms. The first kappa shape index (κ1) is 22.0. The third-order valence-corrected chi connectivity index (χ3v) is 6.58. The van der Waals surface area contributed by atoms with Crippen molar-refractivity contribution in [1.82, 2.24) is 20.3 Å². The molecule has 1 aromatic heterocycles. The molecule has 2 saturated heterocycles. The third kappa shape index (κ3) is 4.69. The van der Waals surface area contributed by atoms with Crippen LogP contribution in [0.15, 0.2) is 40.9 Å². The number of nitrogens with zero attached hydrogens (tertiary/aromatic N) is 3. The molecule has 1 N–H and O–H groups in total. The first-order chi connectivity index (χ1) is 15.4. The Bertz CT molecular complexity index is 981. The number of benzene rings is 1. The Morgan fingerprint density at radius 1 is 1.09 bits per heavy atom. The molecule has 0 unspecified atom stereocenters. The van der Waals surface area contributed by atoms with Crippen LogP contribution >= 0.6 is 0 Å². The summed E-state index contributed by atoms with van der Waals surface area (Å²) < 4.78 is 5.63. The second-order valence-electron chi connectivity index (χ2n) is 8.96. The van der Waals surface area contributed by atoms with Crippen molar-refractivity contribution in [2.75, 3.05) is 26.2 Å². The lowest BCUT2D eigenvalue weighted by molar-refractivity contribution is -0.143. The molecule has 3 heterocycles. The summed E-state index contributed by atoms with van der Waals surface area (Å²) in [5.41, 5.74) is 0.973. The summed E-state index contributed by atoms with van der Waals surface area (Å²) in [7, 11) is 0. The van der Waals surface area contributed by atoms with Gasteiger partial charge in [0.2, 0.25) is 17.7 Å². The van der Waals surface area contributed by atoms with Crippen molar-refractivity contribution in [1.29, 1.82) is 0 Å². The smallest absolute Gasteiger partial charge is 0.231 e. The highest BCUT2D eigenvalue weighted by Crippen LogP contribution is 2.38. The first-order valence-electron chi connectivity index (χ1n) is 11.2. The van der Waals surface area contributed by atoms with Crippen LogP contribution in [-0.2, 0) is 20.8 Å². The third-order valence-electron chi connectivity index (χ3n) is 6.58. The number of nitrogens with one attached hydrogen (secondary N) is 1. The van der Waals surface area contributed by atoms with E-state index in [4.69, 9.17) is 4.52 Å². The summed E-state index contributed by atoms with van der Waals surface area (Å²) in [6.07, 6.45) is 2.47. The molecule has 0 radical (unpaired) electrons. The van der Waals surface area contributed by atoms with Gasteiger partial charge in [0.15, 0.2) is 0 Å². The van der Waals surface area contributed by atoms with E-state index < -0.39 is 5.41 Å². The largest absolute Gasteiger partial charge is 0.361 e.